The summed E-state index contributed by atoms with van der Waals surface area (Å²) in [5.41, 5.74) is 6.51. The summed E-state index contributed by atoms with van der Waals surface area (Å²) < 4.78 is 18.6. The zero-order chi connectivity index (χ0) is 16.9. The summed E-state index contributed by atoms with van der Waals surface area (Å²) >= 11 is 0. The number of nitrogens with two attached hydrogens (primary N) is 1. The minimum absolute atomic E-state index is 0. The summed E-state index contributed by atoms with van der Waals surface area (Å²) in [6.45, 7) is 4.33. The van der Waals surface area contributed by atoms with E-state index in [4.69, 9.17) is 10.5 Å². The molecular formula is C18H22ClFN2O2. The highest BCUT2D eigenvalue weighted by Crippen LogP contribution is 2.15. The van der Waals surface area contributed by atoms with E-state index in [1.54, 1.807) is 30.3 Å². The van der Waals surface area contributed by atoms with Gasteiger partial charge in [-0.25, -0.2) is 4.39 Å². The number of hydrogen-bond donors (Lipinski definition) is 2. The van der Waals surface area contributed by atoms with E-state index in [1.807, 2.05) is 19.9 Å². The molecule has 0 aliphatic rings. The topological polar surface area (TPSA) is 64.3 Å². The summed E-state index contributed by atoms with van der Waals surface area (Å²) in [4.78, 5) is 12.2. The maximum absolute atomic E-state index is 13.1. The monoisotopic (exact) mass is 352 g/mol. The van der Waals surface area contributed by atoms with Gasteiger partial charge in [-0.15, -0.1) is 12.4 Å². The van der Waals surface area contributed by atoms with Crippen LogP contribution in [0, 0.1) is 5.82 Å². The van der Waals surface area contributed by atoms with E-state index in [2.05, 4.69) is 5.32 Å². The molecule has 2 rings (SSSR count). The fourth-order valence-corrected chi connectivity index (χ4v) is 1.96. The molecule has 0 saturated heterocycles. The van der Waals surface area contributed by atoms with Crippen LogP contribution in [0.1, 0.15) is 29.8 Å². The van der Waals surface area contributed by atoms with Crippen molar-refractivity contribution < 1.29 is 13.9 Å². The Morgan fingerprint density at radius 3 is 2.58 bits per heavy atom. The van der Waals surface area contributed by atoms with Gasteiger partial charge in [0.05, 0.1) is 0 Å². The van der Waals surface area contributed by atoms with Crippen LogP contribution in [0.5, 0.6) is 5.75 Å². The van der Waals surface area contributed by atoms with Gasteiger partial charge in [0.25, 0.3) is 5.91 Å². The van der Waals surface area contributed by atoms with Crippen molar-refractivity contribution in [1.82, 2.24) is 5.32 Å². The van der Waals surface area contributed by atoms with Gasteiger partial charge >= 0.3 is 0 Å². The van der Waals surface area contributed by atoms with E-state index >= 15 is 0 Å². The van der Waals surface area contributed by atoms with Gasteiger partial charge in [-0.3, -0.25) is 4.79 Å². The first-order valence-corrected chi connectivity index (χ1v) is 7.39. The predicted octanol–water partition coefficient (Wildman–Crippen LogP) is 3.29. The number of carbonyl (C=O) groups is 1. The van der Waals surface area contributed by atoms with Crippen LogP contribution in [0.4, 0.5) is 4.39 Å². The van der Waals surface area contributed by atoms with Crippen molar-refractivity contribution in [3.8, 4) is 5.75 Å². The third kappa shape index (κ3) is 5.83. The predicted molar refractivity (Wildman–Crippen MR) is 95.0 cm³/mol. The smallest absolute Gasteiger partial charge is 0.251 e. The summed E-state index contributed by atoms with van der Waals surface area (Å²) in [5.74, 6) is -0.0863. The summed E-state index contributed by atoms with van der Waals surface area (Å²) in [6.07, 6.45) is 0. The van der Waals surface area contributed by atoms with Crippen molar-refractivity contribution in [1.29, 1.82) is 0 Å². The minimum Gasteiger partial charge on any atom is -0.489 e. The Balaban J connectivity index is 0.00000288. The number of ether oxygens (including phenoxy) is 1. The first-order valence-electron chi connectivity index (χ1n) is 7.39. The van der Waals surface area contributed by atoms with Gasteiger partial charge in [0, 0.05) is 23.7 Å². The highest BCUT2D eigenvalue weighted by Gasteiger charge is 2.19. The average Bonchev–Trinajstić information content (AvgIpc) is 2.53. The molecular weight excluding hydrogens is 331 g/mol. The first kappa shape index (κ1) is 19.9. The molecule has 0 radical (unpaired) electrons. The van der Waals surface area contributed by atoms with Crippen LogP contribution in [-0.4, -0.2) is 18.0 Å². The molecule has 2 aromatic carbocycles. The molecule has 0 aliphatic carbocycles. The van der Waals surface area contributed by atoms with Crippen LogP contribution < -0.4 is 15.8 Å². The van der Waals surface area contributed by atoms with E-state index in [1.165, 1.54) is 12.1 Å². The lowest BCUT2D eigenvalue weighted by molar-refractivity contribution is 0.0915. The molecule has 0 bridgehead atoms. The van der Waals surface area contributed by atoms with Gasteiger partial charge in [-0.2, -0.15) is 0 Å². The molecule has 4 nitrogen and oxygen atoms in total. The van der Waals surface area contributed by atoms with E-state index in [0.717, 1.165) is 5.56 Å². The zero-order valence-electron chi connectivity index (χ0n) is 13.7. The van der Waals surface area contributed by atoms with E-state index in [9.17, 15) is 9.18 Å². The quantitative estimate of drug-likeness (QED) is 0.838. The lowest BCUT2D eigenvalue weighted by Crippen LogP contribution is -2.48. The Morgan fingerprint density at radius 2 is 1.92 bits per heavy atom. The second kappa shape index (κ2) is 8.66. The van der Waals surface area contributed by atoms with Crippen LogP contribution in [0.15, 0.2) is 48.5 Å². The first-order chi connectivity index (χ1) is 10.9. The molecule has 0 atom stereocenters. The molecule has 24 heavy (non-hydrogen) atoms. The lowest BCUT2D eigenvalue weighted by Gasteiger charge is -2.24. The number of hydrogen-bond acceptors (Lipinski definition) is 3. The van der Waals surface area contributed by atoms with Gasteiger partial charge in [0.1, 0.15) is 18.2 Å². The molecule has 2 aromatic rings. The van der Waals surface area contributed by atoms with Crippen LogP contribution in [-0.2, 0) is 6.61 Å². The molecule has 1 amide bonds. The molecule has 6 heteroatoms. The SMILES string of the molecule is CC(C)(CN)NC(=O)c1cccc(COc2cccc(F)c2)c1.Cl. The van der Waals surface area contributed by atoms with Crippen LogP contribution in [0.3, 0.4) is 0 Å². The zero-order valence-corrected chi connectivity index (χ0v) is 14.5. The van der Waals surface area contributed by atoms with Crippen molar-refractivity contribution in [3.05, 3.63) is 65.5 Å². The number of halogens is 2. The molecule has 0 heterocycles. The maximum atomic E-state index is 13.1. The van der Waals surface area contributed by atoms with Crippen molar-refractivity contribution in [2.45, 2.75) is 26.0 Å². The van der Waals surface area contributed by atoms with Gasteiger partial charge in [0.2, 0.25) is 0 Å². The van der Waals surface area contributed by atoms with Gasteiger partial charge in [-0.1, -0.05) is 18.2 Å². The van der Waals surface area contributed by atoms with Crippen LogP contribution >= 0.6 is 12.4 Å². The number of amides is 1. The molecule has 0 fully saturated rings. The van der Waals surface area contributed by atoms with Gasteiger partial charge < -0.3 is 15.8 Å². The van der Waals surface area contributed by atoms with Gasteiger partial charge in [-0.05, 0) is 43.7 Å². The Labute approximate surface area is 147 Å². The Kier molecular flexibility index (Phi) is 7.19. The van der Waals surface area contributed by atoms with E-state index in [-0.39, 0.29) is 30.7 Å². The number of nitrogens with one attached hydrogen (secondary N) is 1. The third-order valence-electron chi connectivity index (χ3n) is 3.35. The molecule has 3 N–H and O–H groups in total. The number of carbonyl (C=O) groups excluding carboxylic acids is 1. The molecule has 130 valence electrons. The highest BCUT2D eigenvalue weighted by atomic mass is 35.5. The Bertz CT molecular complexity index is 692. The maximum Gasteiger partial charge on any atom is 0.251 e. The largest absolute Gasteiger partial charge is 0.489 e. The third-order valence-corrected chi connectivity index (χ3v) is 3.35. The Morgan fingerprint density at radius 1 is 1.21 bits per heavy atom. The normalized spacial score (nSPS) is 10.7. The van der Waals surface area contributed by atoms with E-state index < -0.39 is 5.54 Å². The second-order valence-corrected chi connectivity index (χ2v) is 5.99. The van der Waals surface area contributed by atoms with Crippen molar-refractivity contribution in [2.75, 3.05) is 6.54 Å². The summed E-state index contributed by atoms with van der Waals surface area (Å²) in [5, 5.41) is 2.88. The van der Waals surface area contributed by atoms with Crippen molar-refractivity contribution >= 4 is 18.3 Å². The van der Waals surface area contributed by atoms with Crippen LogP contribution in [0.25, 0.3) is 0 Å². The molecule has 0 aromatic heterocycles. The number of rotatable bonds is 6. The fourth-order valence-electron chi connectivity index (χ4n) is 1.96. The lowest BCUT2D eigenvalue weighted by atomic mass is 10.0. The highest BCUT2D eigenvalue weighted by molar-refractivity contribution is 5.94. The molecule has 0 aliphatic heterocycles. The summed E-state index contributed by atoms with van der Waals surface area (Å²) in [7, 11) is 0. The van der Waals surface area contributed by atoms with Gasteiger partial charge in [0.15, 0.2) is 0 Å². The standard InChI is InChI=1S/C18H21FN2O2.ClH/c1-18(2,12-20)21-17(22)14-6-3-5-13(9-14)11-23-16-8-4-7-15(19)10-16;/h3-10H,11-12,20H2,1-2H3,(H,21,22);1H. The molecule has 0 spiro atoms. The summed E-state index contributed by atoms with van der Waals surface area (Å²) in [6, 6.07) is 13.1. The Hall–Kier alpha value is -2.11. The van der Waals surface area contributed by atoms with Crippen molar-refractivity contribution in [2.24, 2.45) is 5.73 Å². The second-order valence-electron chi connectivity index (χ2n) is 5.99. The van der Waals surface area contributed by atoms with E-state index in [0.29, 0.717) is 17.9 Å². The molecule has 0 unspecified atom stereocenters. The van der Waals surface area contributed by atoms with Crippen molar-refractivity contribution in [3.63, 3.8) is 0 Å². The van der Waals surface area contributed by atoms with Crippen LogP contribution in [0.2, 0.25) is 0 Å². The number of benzene rings is 2. The average molecular weight is 353 g/mol. The molecule has 0 saturated carbocycles. The minimum atomic E-state index is -0.467. The fraction of sp³-hybridized carbons (Fsp3) is 0.278.